The Morgan fingerprint density at radius 1 is 1.18 bits per heavy atom. The number of benzene rings is 2. The second kappa shape index (κ2) is 5.00. The van der Waals surface area contributed by atoms with Crippen molar-refractivity contribution in [2.75, 3.05) is 7.11 Å². The molecule has 0 saturated heterocycles. The van der Waals surface area contributed by atoms with Crippen LogP contribution in [-0.4, -0.2) is 13.1 Å². The van der Waals surface area contributed by atoms with E-state index in [2.05, 4.69) is 31.2 Å². The van der Waals surface area contributed by atoms with Gasteiger partial charge in [0.15, 0.2) is 0 Å². The van der Waals surface area contributed by atoms with E-state index in [4.69, 9.17) is 4.74 Å². The third-order valence-corrected chi connectivity index (χ3v) is 3.05. The van der Waals surface area contributed by atoms with Gasteiger partial charge in [0.2, 0.25) is 0 Å². The summed E-state index contributed by atoms with van der Waals surface area (Å²) < 4.78 is 4.72. The first kappa shape index (κ1) is 11.6. The number of carbonyl (C=O) groups excluding carboxylic acids is 1. The zero-order valence-electron chi connectivity index (χ0n) is 10.1. The van der Waals surface area contributed by atoms with Crippen molar-refractivity contribution in [3.63, 3.8) is 0 Å². The summed E-state index contributed by atoms with van der Waals surface area (Å²) in [6.45, 7) is 2.05. The first-order valence-corrected chi connectivity index (χ1v) is 5.77. The van der Waals surface area contributed by atoms with Gasteiger partial charge >= 0.3 is 5.97 Å². The van der Waals surface area contributed by atoms with E-state index in [0.717, 1.165) is 0 Å². The van der Waals surface area contributed by atoms with Crippen LogP contribution in [0.25, 0.3) is 10.8 Å². The fourth-order valence-corrected chi connectivity index (χ4v) is 2.12. The Labute approximate surface area is 101 Å². The van der Waals surface area contributed by atoms with Crippen LogP contribution < -0.4 is 0 Å². The van der Waals surface area contributed by atoms with E-state index in [1.165, 1.54) is 23.4 Å². The average Bonchev–Trinajstić information content (AvgIpc) is 2.37. The Bertz CT molecular complexity index is 526. The maximum absolute atomic E-state index is 11.3. The van der Waals surface area contributed by atoms with Gasteiger partial charge in [0.1, 0.15) is 0 Å². The molecule has 0 bridgehead atoms. The highest BCUT2D eigenvalue weighted by atomic mass is 16.5. The molecule has 88 valence electrons. The number of hydrogen-bond donors (Lipinski definition) is 0. The molecule has 0 heterocycles. The molecular weight excluding hydrogens is 212 g/mol. The highest BCUT2D eigenvalue weighted by Crippen LogP contribution is 2.27. The van der Waals surface area contributed by atoms with Gasteiger partial charge < -0.3 is 4.74 Å². The number of hydrogen-bond acceptors (Lipinski definition) is 2. The Kier molecular flexibility index (Phi) is 3.43. The first-order chi connectivity index (χ1) is 8.22. The van der Waals surface area contributed by atoms with Crippen molar-refractivity contribution in [2.24, 2.45) is 0 Å². The number of fused-ring (bicyclic) bond motifs is 1. The molecule has 2 nitrogen and oxygen atoms in total. The van der Waals surface area contributed by atoms with Crippen LogP contribution in [0.2, 0.25) is 0 Å². The van der Waals surface area contributed by atoms with Crippen LogP contribution in [0, 0.1) is 0 Å². The summed E-state index contributed by atoms with van der Waals surface area (Å²) in [6, 6.07) is 14.4. The SMILES string of the molecule is COC(=O)C[C@H](C)c1cccc2ccccc12. The van der Waals surface area contributed by atoms with Crippen LogP contribution in [0.4, 0.5) is 0 Å². The van der Waals surface area contributed by atoms with Crippen LogP contribution in [0.15, 0.2) is 42.5 Å². The number of rotatable bonds is 3. The number of ether oxygens (including phenoxy) is 1. The van der Waals surface area contributed by atoms with Gasteiger partial charge in [-0.25, -0.2) is 0 Å². The van der Waals surface area contributed by atoms with Crippen molar-refractivity contribution in [3.05, 3.63) is 48.0 Å². The lowest BCUT2D eigenvalue weighted by Gasteiger charge is -2.13. The summed E-state index contributed by atoms with van der Waals surface area (Å²) in [6.07, 6.45) is 0.421. The second-order valence-corrected chi connectivity index (χ2v) is 4.25. The van der Waals surface area contributed by atoms with Crippen LogP contribution in [-0.2, 0) is 9.53 Å². The molecule has 2 rings (SSSR count). The lowest BCUT2D eigenvalue weighted by Crippen LogP contribution is -2.06. The van der Waals surface area contributed by atoms with E-state index < -0.39 is 0 Å². The largest absolute Gasteiger partial charge is 0.469 e. The monoisotopic (exact) mass is 228 g/mol. The normalized spacial score (nSPS) is 12.4. The van der Waals surface area contributed by atoms with E-state index in [1.807, 2.05) is 18.2 Å². The van der Waals surface area contributed by atoms with E-state index in [0.29, 0.717) is 6.42 Å². The molecule has 1 atom stereocenters. The summed E-state index contributed by atoms with van der Waals surface area (Å²) in [5, 5.41) is 2.42. The van der Waals surface area contributed by atoms with E-state index in [9.17, 15) is 4.79 Å². The van der Waals surface area contributed by atoms with Gasteiger partial charge in [-0.3, -0.25) is 4.79 Å². The predicted molar refractivity (Wildman–Crippen MR) is 69.0 cm³/mol. The first-order valence-electron chi connectivity index (χ1n) is 5.77. The van der Waals surface area contributed by atoms with Crippen LogP contribution in [0.1, 0.15) is 24.8 Å². The fraction of sp³-hybridized carbons (Fsp3) is 0.267. The van der Waals surface area contributed by atoms with Crippen molar-refractivity contribution in [2.45, 2.75) is 19.3 Å². The topological polar surface area (TPSA) is 26.3 Å². The summed E-state index contributed by atoms with van der Waals surface area (Å²) in [5.74, 6) is 0.0129. The molecule has 0 saturated carbocycles. The third-order valence-electron chi connectivity index (χ3n) is 3.05. The smallest absolute Gasteiger partial charge is 0.306 e. The lowest BCUT2D eigenvalue weighted by atomic mass is 9.92. The van der Waals surface area contributed by atoms with Gasteiger partial charge in [-0.2, -0.15) is 0 Å². The van der Waals surface area contributed by atoms with Crippen molar-refractivity contribution in [1.82, 2.24) is 0 Å². The van der Waals surface area contributed by atoms with E-state index >= 15 is 0 Å². The van der Waals surface area contributed by atoms with Crippen molar-refractivity contribution < 1.29 is 9.53 Å². The molecule has 0 aliphatic carbocycles. The minimum atomic E-state index is -0.162. The molecular formula is C15H16O2. The minimum absolute atomic E-state index is 0.162. The van der Waals surface area contributed by atoms with Crippen LogP contribution >= 0.6 is 0 Å². The number of carbonyl (C=O) groups is 1. The number of methoxy groups -OCH3 is 1. The van der Waals surface area contributed by atoms with E-state index in [-0.39, 0.29) is 11.9 Å². The van der Waals surface area contributed by atoms with Crippen molar-refractivity contribution in [1.29, 1.82) is 0 Å². The Morgan fingerprint density at radius 3 is 2.65 bits per heavy atom. The van der Waals surface area contributed by atoms with Crippen LogP contribution in [0.3, 0.4) is 0 Å². The highest BCUT2D eigenvalue weighted by Gasteiger charge is 2.13. The molecule has 0 fully saturated rings. The molecule has 0 unspecified atom stereocenters. The molecule has 0 amide bonds. The maximum Gasteiger partial charge on any atom is 0.306 e. The second-order valence-electron chi connectivity index (χ2n) is 4.25. The molecule has 2 aromatic carbocycles. The standard InChI is InChI=1S/C15H16O2/c1-11(10-15(16)17-2)13-9-5-7-12-6-3-4-8-14(12)13/h3-9,11H,10H2,1-2H3/t11-/m0/s1. The van der Waals surface area contributed by atoms with Gasteiger partial charge in [-0.1, -0.05) is 49.4 Å². The zero-order valence-corrected chi connectivity index (χ0v) is 10.1. The van der Waals surface area contributed by atoms with Gasteiger partial charge in [0.05, 0.1) is 13.5 Å². The van der Waals surface area contributed by atoms with Gasteiger partial charge in [0, 0.05) is 0 Å². The molecule has 0 aliphatic heterocycles. The molecule has 0 aliphatic rings. The predicted octanol–water partition coefficient (Wildman–Crippen LogP) is 3.51. The van der Waals surface area contributed by atoms with Crippen molar-refractivity contribution in [3.8, 4) is 0 Å². The molecule has 0 radical (unpaired) electrons. The Balaban J connectivity index is 2.38. The summed E-state index contributed by atoms with van der Waals surface area (Å²) in [4.78, 5) is 11.3. The van der Waals surface area contributed by atoms with Gasteiger partial charge in [-0.05, 0) is 22.3 Å². The molecule has 2 heteroatoms. The molecule has 0 aromatic heterocycles. The quantitative estimate of drug-likeness (QED) is 0.751. The molecule has 2 aromatic rings. The fourth-order valence-electron chi connectivity index (χ4n) is 2.12. The van der Waals surface area contributed by atoms with Crippen molar-refractivity contribution >= 4 is 16.7 Å². The highest BCUT2D eigenvalue weighted by molar-refractivity contribution is 5.86. The third kappa shape index (κ3) is 2.47. The molecule has 17 heavy (non-hydrogen) atoms. The molecule has 0 N–H and O–H groups in total. The lowest BCUT2D eigenvalue weighted by molar-refractivity contribution is -0.140. The summed E-state index contributed by atoms with van der Waals surface area (Å²) in [5.41, 5.74) is 1.20. The summed E-state index contributed by atoms with van der Waals surface area (Å²) >= 11 is 0. The Morgan fingerprint density at radius 2 is 1.88 bits per heavy atom. The maximum atomic E-state index is 11.3. The zero-order chi connectivity index (χ0) is 12.3. The van der Waals surface area contributed by atoms with Crippen LogP contribution in [0.5, 0.6) is 0 Å². The average molecular weight is 228 g/mol. The van der Waals surface area contributed by atoms with Gasteiger partial charge in [0.25, 0.3) is 0 Å². The molecule has 0 spiro atoms. The minimum Gasteiger partial charge on any atom is -0.469 e. The number of esters is 1. The summed E-state index contributed by atoms with van der Waals surface area (Å²) in [7, 11) is 1.43. The van der Waals surface area contributed by atoms with Gasteiger partial charge in [-0.15, -0.1) is 0 Å². The van der Waals surface area contributed by atoms with E-state index in [1.54, 1.807) is 0 Å². The Hall–Kier alpha value is -1.83.